The molecular formula is C18H18FNO3. The third kappa shape index (κ3) is 3.62. The second kappa shape index (κ2) is 6.69. The minimum absolute atomic E-state index is 0.111. The van der Waals surface area contributed by atoms with Crippen molar-refractivity contribution < 1.29 is 18.7 Å². The number of hydrogen-bond donors (Lipinski definition) is 1. The zero-order valence-electron chi connectivity index (χ0n) is 12.8. The van der Waals surface area contributed by atoms with Gasteiger partial charge in [0.1, 0.15) is 17.3 Å². The summed E-state index contributed by atoms with van der Waals surface area (Å²) in [5.74, 6) is 0.903. The molecule has 1 aliphatic heterocycles. The van der Waals surface area contributed by atoms with Crippen molar-refractivity contribution in [1.82, 2.24) is 5.32 Å². The van der Waals surface area contributed by atoms with Gasteiger partial charge in [-0.25, -0.2) is 4.39 Å². The van der Waals surface area contributed by atoms with E-state index in [4.69, 9.17) is 9.47 Å². The van der Waals surface area contributed by atoms with E-state index in [1.807, 2.05) is 24.3 Å². The number of amides is 1. The van der Waals surface area contributed by atoms with E-state index < -0.39 is 0 Å². The van der Waals surface area contributed by atoms with Gasteiger partial charge in [-0.05, 0) is 35.9 Å². The highest BCUT2D eigenvalue weighted by Gasteiger charge is 2.23. The van der Waals surface area contributed by atoms with Gasteiger partial charge in [-0.3, -0.25) is 4.79 Å². The van der Waals surface area contributed by atoms with Crippen molar-refractivity contribution in [1.29, 1.82) is 0 Å². The number of fused-ring (bicyclic) bond motifs is 1. The lowest BCUT2D eigenvalue weighted by molar-refractivity contribution is -0.121. The number of ether oxygens (including phenoxy) is 2. The average Bonchev–Trinajstić information content (AvgIpc) is 2.55. The van der Waals surface area contributed by atoms with Gasteiger partial charge in [-0.15, -0.1) is 0 Å². The molecule has 1 heterocycles. The maximum atomic E-state index is 13.5. The molecule has 1 aliphatic rings. The van der Waals surface area contributed by atoms with E-state index in [-0.39, 0.29) is 24.2 Å². The Kier molecular flexibility index (Phi) is 4.46. The van der Waals surface area contributed by atoms with E-state index in [1.165, 1.54) is 12.1 Å². The molecule has 0 bridgehead atoms. The molecule has 1 unspecified atom stereocenters. The number of nitrogens with one attached hydrogen (secondary N) is 1. The molecule has 0 aromatic heterocycles. The van der Waals surface area contributed by atoms with Crippen LogP contribution in [0, 0.1) is 5.82 Å². The Morgan fingerprint density at radius 3 is 3.04 bits per heavy atom. The highest BCUT2D eigenvalue weighted by atomic mass is 19.1. The Morgan fingerprint density at radius 2 is 2.22 bits per heavy atom. The molecular weight excluding hydrogens is 297 g/mol. The Bertz CT molecular complexity index is 717. The van der Waals surface area contributed by atoms with Crippen molar-refractivity contribution in [3.05, 3.63) is 59.4 Å². The van der Waals surface area contributed by atoms with Gasteiger partial charge in [0.2, 0.25) is 5.91 Å². The third-order valence-electron chi connectivity index (χ3n) is 3.85. The van der Waals surface area contributed by atoms with Crippen LogP contribution in [0.3, 0.4) is 0 Å². The minimum Gasteiger partial charge on any atom is -0.497 e. The second-order valence-corrected chi connectivity index (χ2v) is 5.47. The van der Waals surface area contributed by atoms with Gasteiger partial charge >= 0.3 is 0 Å². The highest BCUT2D eigenvalue weighted by Crippen LogP contribution is 2.32. The number of benzene rings is 2. The van der Waals surface area contributed by atoms with Crippen LogP contribution in [0.15, 0.2) is 42.5 Å². The van der Waals surface area contributed by atoms with E-state index in [1.54, 1.807) is 13.2 Å². The smallest absolute Gasteiger partial charge is 0.224 e. The van der Waals surface area contributed by atoms with Crippen molar-refractivity contribution in [3.8, 4) is 11.5 Å². The maximum Gasteiger partial charge on any atom is 0.224 e. The predicted molar refractivity (Wildman–Crippen MR) is 84.1 cm³/mol. The molecule has 0 spiro atoms. The molecule has 2 aromatic carbocycles. The van der Waals surface area contributed by atoms with Crippen LogP contribution < -0.4 is 14.8 Å². The third-order valence-corrected chi connectivity index (χ3v) is 3.85. The number of methoxy groups -OCH3 is 1. The largest absolute Gasteiger partial charge is 0.497 e. The van der Waals surface area contributed by atoms with Crippen LogP contribution in [0.2, 0.25) is 0 Å². The first kappa shape index (κ1) is 15.3. The van der Waals surface area contributed by atoms with Gasteiger partial charge in [0.15, 0.2) is 0 Å². The summed E-state index contributed by atoms with van der Waals surface area (Å²) < 4.78 is 24.1. The quantitative estimate of drug-likeness (QED) is 0.943. The van der Waals surface area contributed by atoms with E-state index >= 15 is 0 Å². The lowest BCUT2D eigenvalue weighted by Gasteiger charge is -2.26. The van der Waals surface area contributed by atoms with Crippen LogP contribution in [0.1, 0.15) is 23.6 Å². The number of carbonyl (C=O) groups excluding carboxylic acids is 1. The van der Waals surface area contributed by atoms with Crippen molar-refractivity contribution in [2.75, 3.05) is 13.7 Å². The summed E-state index contributed by atoms with van der Waals surface area (Å²) in [6.07, 6.45) is 0.875. The second-order valence-electron chi connectivity index (χ2n) is 5.47. The molecule has 1 N–H and O–H groups in total. The first-order chi connectivity index (χ1) is 11.2. The van der Waals surface area contributed by atoms with Crippen LogP contribution in [0.5, 0.6) is 11.5 Å². The summed E-state index contributed by atoms with van der Waals surface area (Å²) >= 11 is 0. The van der Waals surface area contributed by atoms with Crippen LogP contribution in [0.4, 0.5) is 4.39 Å². The SMILES string of the molecule is COc1cccc(CC(=O)NC2CCOc3ccc(F)cc32)c1. The predicted octanol–water partition coefficient (Wildman–Crippen LogP) is 3.02. The van der Waals surface area contributed by atoms with E-state index in [0.29, 0.717) is 30.1 Å². The summed E-state index contributed by atoms with van der Waals surface area (Å²) in [4.78, 5) is 12.3. The number of hydrogen-bond acceptors (Lipinski definition) is 3. The molecule has 0 radical (unpaired) electrons. The van der Waals surface area contributed by atoms with Crippen LogP contribution in [0.25, 0.3) is 0 Å². The zero-order valence-corrected chi connectivity index (χ0v) is 12.8. The topological polar surface area (TPSA) is 47.6 Å². The Balaban J connectivity index is 1.70. The average molecular weight is 315 g/mol. The first-order valence-corrected chi connectivity index (χ1v) is 7.50. The Hall–Kier alpha value is -2.56. The highest BCUT2D eigenvalue weighted by molar-refractivity contribution is 5.79. The standard InChI is InChI=1S/C18H18FNO3/c1-22-14-4-2-3-12(9-14)10-18(21)20-16-7-8-23-17-6-5-13(19)11-15(16)17/h2-6,9,11,16H,7-8,10H2,1H3,(H,20,21). The first-order valence-electron chi connectivity index (χ1n) is 7.50. The van der Waals surface area contributed by atoms with Crippen molar-refractivity contribution in [2.45, 2.75) is 18.9 Å². The summed E-state index contributed by atoms with van der Waals surface area (Å²) in [5.41, 5.74) is 1.56. The van der Waals surface area contributed by atoms with E-state index in [9.17, 15) is 9.18 Å². The van der Waals surface area contributed by atoms with Crippen LogP contribution in [-0.2, 0) is 11.2 Å². The molecule has 1 atom stereocenters. The van der Waals surface area contributed by atoms with Crippen LogP contribution in [-0.4, -0.2) is 19.6 Å². The van der Waals surface area contributed by atoms with Gasteiger partial charge < -0.3 is 14.8 Å². The normalized spacial score (nSPS) is 16.2. The summed E-state index contributed by atoms with van der Waals surface area (Å²) in [6, 6.07) is 11.5. The molecule has 0 aliphatic carbocycles. The molecule has 0 saturated heterocycles. The fourth-order valence-electron chi connectivity index (χ4n) is 2.73. The molecule has 23 heavy (non-hydrogen) atoms. The van der Waals surface area contributed by atoms with Gasteiger partial charge in [-0.2, -0.15) is 0 Å². The van der Waals surface area contributed by atoms with E-state index in [0.717, 1.165) is 5.56 Å². The van der Waals surface area contributed by atoms with Crippen molar-refractivity contribution in [3.63, 3.8) is 0 Å². The molecule has 5 heteroatoms. The lowest BCUT2D eigenvalue weighted by Crippen LogP contribution is -2.33. The monoisotopic (exact) mass is 315 g/mol. The molecule has 0 fully saturated rings. The molecule has 3 rings (SSSR count). The Labute approximate surface area is 134 Å². The van der Waals surface area contributed by atoms with Crippen molar-refractivity contribution in [2.24, 2.45) is 0 Å². The van der Waals surface area contributed by atoms with Gasteiger partial charge in [-0.1, -0.05) is 12.1 Å². The van der Waals surface area contributed by atoms with Crippen LogP contribution >= 0.6 is 0 Å². The molecule has 2 aromatic rings. The molecule has 120 valence electrons. The molecule has 1 amide bonds. The lowest BCUT2D eigenvalue weighted by atomic mass is 10.00. The van der Waals surface area contributed by atoms with Crippen molar-refractivity contribution >= 4 is 5.91 Å². The number of carbonyl (C=O) groups is 1. The maximum absolute atomic E-state index is 13.5. The fourth-order valence-corrected chi connectivity index (χ4v) is 2.73. The summed E-state index contributed by atoms with van der Waals surface area (Å²) in [6.45, 7) is 0.503. The van der Waals surface area contributed by atoms with Gasteiger partial charge in [0.05, 0.1) is 26.2 Å². The summed E-state index contributed by atoms with van der Waals surface area (Å²) in [5, 5.41) is 2.96. The number of halogens is 1. The number of rotatable bonds is 4. The Morgan fingerprint density at radius 1 is 1.35 bits per heavy atom. The fraction of sp³-hybridized carbons (Fsp3) is 0.278. The van der Waals surface area contributed by atoms with Gasteiger partial charge in [0, 0.05) is 12.0 Å². The molecule has 0 saturated carbocycles. The van der Waals surface area contributed by atoms with E-state index in [2.05, 4.69) is 5.32 Å². The minimum atomic E-state index is -0.332. The zero-order chi connectivity index (χ0) is 16.2. The molecule has 4 nitrogen and oxygen atoms in total. The van der Waals surface area contributed by atoms with Gasteiger partial charge in [0.25, 0.3) is 0 Å². The summed E-state index contributed by atoms with van der Waals surface area (Å²) in [7, 11) is 1.59.